The van der Waals surface area contributed by atoms with Gasteiger partial charge in [0, 0.05) is 18.0 Å². The number of aromatic nitrogens is 3. The second kappa shape index (κ2) is 2.94. The van der Waals surface area contributed by atoms with Gasteiger partial charge in [-0.1, -0.05) is 0 Å². The molecule has 3 rings (SSSR count). The number of imidazole rings is 1. The molecule has 0 unspecified atom stereocenters. The Hall–Kier alpha value is -1.64. The van der Waals surface area contributed by atoms with Crippen molar-refractivity contribution in [2.75, 3.05) is 0 Å². The first kappa shape index (κ1) is 7.74. The predicted octanol–water partition coefficient (Wildman–Crippen LogP) is 2.35. The third-order valence-corrected chi connectivity index (χ3v) is 2.62. The molecule has 0 aromatic carbocycles. The van der Waals surface area contributed by atoms with Crippen molar-refractivity contribution in [2.45, 2.75) is 18.8 Å². The summed E-state index contributed by atoms with van der Waals surface area (Å²) in [7, 11) is 0. The summed E-state index contributed by atoms with van der Waals surface area (Å²) in [6.07, 6.45) is 9.99. The van der Waals surface area contributed by atoms with Crippen LogP contribution in [0.3, 0.4) is 0 Å². The van der Waals surface area contributed by atoms with E-state index in [2.05, 4.69) is 21.0 Å². The highest BCUT2D eigenvalue weighted by Crippen LogP contribution is 2.40. The van der Waals surface area contributed by atoms with Crippen LogP contribution in [0.1, 0.15) is 24.3 Å². The first-order valence-electron chi connectivity index (χ1n) is 4.87. The van der Waals surface area contributed by atoms with Crippen LogP contribution in [0.4, 0.5) is 0 Å². The van der Waals surface area contributed by atoms with E-state index in [1.807, 2.05) is 18.6 Å². The van der Waals surface area contributed by atoms with Gasteiger partial charge in [0.2, 0.25) is 0 Å². The van der Waals surface area contributed by atoms with Gasteiger partial charge in [-0.15, -0.1) is 0 Å². The molecule has 1 N–H and O–H groups in total. The maximum absolute atomic E-state index is 4.25. The van der Waals surface area contributed by atoms with Gasteiger partial charge in [0.25, 0.3) is 0 Å². The number of nitrogens with one attached hydrogen (secondary N) is 1. The summed E-state index contributed by atoms with van der Waals surface area (Å²) in [5.41, 5.74) is 3.53. The van der Waals surface area contributed by atoms with Crippen LogP contribution in [0.2, 0.25) is 0 Å². The van der Waals surface area contributed by atoms with E-state index in [9.17, 15) is 0 Å². The van der Waals surface area contributed by atoms with E-state index in [0.29, 0.717) is 0 Å². The van der Waals surface area contributed by atoms with Gasteiger partial charge in [0.05, 0.1) is 18.2 Å². The first-order valence-corrected chi connectivity index (χ1v) is 4.87. The van der Waals surface area contributed by atoms with E-state index in [-0.39, 0.29) is 0 Å². The van der Waals surface area contributed by atoms with E-state index in [4.69, 9.17) is 0 Å². The Morgan fingerprint density at radius 2 is 2.07 bits per heavy atom. The molecule has 1 aliphatic carbocycles. The molecule has 3 nitrogen and oxygen atoms in total. The van der Waals surface area contributed by atoms with Crippen LogP contribution in [-0.2, 0) is 0 Å². The highest BCUT2D eigenvalue weighted by atomic mass is 14.9. The fraction of sp³-hybridized carbons (Fsp3) is 0.273. The number of hydrogen-bond donors (Lipinski definition) is 1. The lowest BCUT2D eigenvalue weighted by molar-refractivity contribution is 1.09. The van der Waals surface area contributed by atoms with Crippen LogP contribution >= 0.6 is 0 Å². The lowest BCUT2D eigenvalue weighted by Crippen LogP contribution is -1.85. The van der Waals surface area contributed by atoms with Gasteiger partial charge < -0.3 is 4.98 Å². The number of rotatable bonds is 2. The van der Waals surface area contributed by atoms with Crippen LogP contribution < -0.4 is 0 Å². The topological polar surface area (TPSA) is 41.6 Å². The SMILES string of the molecule is c1ncc(-c2cncc(C3CC3)c2)[nH]1. The summed E-state index contributed by atoms with van der Waals surface area (Å²) in [4.78, 5) is 11.3. The van der Waals surface area contributed by atoms with E-state index in [0.717, 1.165) is 17.2 Å². The van der Waals surface area contributed by atoms with Crippen molar-refractivity contribution in [3.63, 3.8) is 0 Å². The van der Waals surface area contributed by atoms with Gasteiger partial charge in [-0.25, -0.2) is 4.98 Å². The van der Waals surface area contributed by atoms with Gasteiger partial charge >= 0.3 is 0 Å². The molecule has 2 aromatic rings. The van der Waals surface area contributed by atoms with Gasteiger partial charge in [-0.3, -0.25) is 4.98 Å². The highest BCUT2D eigenvalue weighted by molar-refractivity contribution is 5.57. The van der Waals surface area contributed by atoms with Crippen LogP contribution in [0.25, 0.3) is 11.3 Å². The Morgan fingerprint density at radius 3 is 2.79 bits per heavy atom. The van der Waals surface area contributed by atoms with Crippen molar-refractivity contribution in [3.05, 3.63) is 36.5 Å². The Labute approximate surface area is 82.2 Å². The minimum Gasteiger partial charge on any atom is -0.345 e. The largest absolute Gasteiger partial charge is 0.345 e. The Morgan fingerprint density at radius 1 is 1.14 bits per heavy atom. The first-order chi connectivity index (χ1) is 6.93. The zero-order valence-corrected chi connectivity index (χ0v) is 7.77. The summed E-state index contributed by atoms with van der Waals surface area (Å²) in [5, 5.41) is 0. The van der Waals surface area contributed by atoms with Crippen LogP contribution in [0.15, 0.2) is 31.0 Å². The molecule has 0 amide bonds. The molecule has 1 fully saturated rings. The molecule has 0 atom stereocenters. The fourth-order valence-electron chi connectivity index (χ4n) is 1.66. The summed E-state index contributed by atoms with van der Waals surface area (Å²) < 4.78 is 0. The molecule has 0 aliphatic heterocycles. The maximum atomic E-state index is 4.25. The van der Waals surface area contributed by atoms with E-state index in [1.165, 1.54) is 18.4 Å². The molecule has 0 radical (unpaired) electrons. The third-order valence-electron chi connectivity index (χ3n) is 2.62. The lowest BCUT2D eigenvalue weighted by atomic mass is 10.1. The molecule has 0 spiro atoms. The van der Waals surface area contributed by atoms with E-state index in [1.54, 1.807) is 6.33 Å². The monoisotopic (exact) mass is 185 g/mol. The smallest absolute Gasteiger partial charge is 0.0924 e. The van der Waals surface area contributed by atoms with Crippen LogP contribution in [-0.4, -0.2) is 15.0 Å². The summed E-state index contributed by atoms with van der Waals surface area (Å²) in [6, 6.07) is 2.21. The Balaban J connectivity index is 2.02. The van der Waals surface area contributed by atoms with Gasteiger partial charge in [0.15, 0.2) is 0 Å². The number of H-pyrrole nitrogens is 1. The van der Waals surface area contributed by atoms with Crippen molar-refractivity contribution in [1.82, 2.24) is 15.0 Å². The van der Waals surface area contributed by atoms with Crippen molar-refractivity contribution in [2.24, 2.45) is 0 Å². The van der Waals surface area contributed by atoms with Gasteiger partial charge in [-0.2, -0.15) is 0 Å². The van der Waals surface area contributed by atoms with E-state index >= 15 is 0 Å². The third kappa shape index (κ3) is 1.31. The summed E-state index contributed by atoms with van der Waals surface area (Å²) >= 11 is 0. The molecule has 1 saturated carbocycles. The lowest BCUT2D eigenvalue weighted by Gasteiger charge is -2.00. The van der Waals surface area contributed by atoms with E-state index < -0.39 is 0 Å². The molecule has 2 aromatic heterocycles. The molecule has 3 heteroatoms. The molecular formula is C11H11N3. The minimum atomic E-state index is 0.755. The molecule has 14 heavy (non-hydrogen) atoms. The molecule has 0 saturated heterocycles. The number of hydrogen-bond acceptors (Lipinski definition) is 2. The van der Waals surface area contributed by atoms with Crippen molar-refractivity contribution in [1.29, 1.82) is 0 Å². The zero-order valence-electron chi connectivity index (χ0n) is 7.77. The molecule has 1 aliphatic rings. The quantitative estimate of drug-likeness (QED) is 0.780. The van der Waals surface area contributed by atoms with Crippen molar-refractivity contribution in [3.8, 4) is 11.3 Å². The fourth-order valence-corrected chi connectivity index (χ4v) is 1.66. The Bertz CT molecular complexity index is 430. The Kier molecular flexibility index (Phi) is 1.63. The average molecular weight is 185 g/mol. The average Bonchev–Trinajstić information content (AvgIpc) is 2.94. The second-order valence-electron chi connectivity index (χ2n) is 3.75. The summed E-state index contributed by atoms with van der Waals surface area (Å²) in [6.45, 7) is 0. The highest BCUT2D eigenvalue weighted by Gasteiger charge is 2.23. The standard InChI is InChI=1S/C11H11N3/c1-2-8(1)9-3-10(5-12-4-9)11-6-13-7-14-11/h3-8H,1-2H2,(H,13,14). The van der Waals surface area contributed by atoms with Crippen molar-refractivity contribution >= 4 is 0 Å². The molecule has 0 bridgehead atoms. The van der Waals surface area contributed by atoms with Gasteiger partial charge in [-0.05, 0) is 30.4 Å². The number of aromatic amines is 1. The second-order valence-corrected chi connectivity index (χ2v) is 3.75. The molecule has 70 valence electrons. The predicted molar refractivity (Wildman–Crippen MR) is 53.8 cm³/mol. The van der Waals surface area contributed by atoms with Gasteiger partial charge in [0.1, 0.15) is 0 Å². The number of nitrogens with zero attached hydrogens (tertiary/aromatic N) is 2. The number of pyridine rings is 1. The normalized spacial score (nSPS) is 15.7. The minimum absolute atomic E-state index is 0.755. The zero-order chi connectivity index (χ0) is 9.38. The summed E-state index contributed by atoms with van der Waals surface area (Å²) in [5.74, 6) is 0.755. The maximum Gasteiger partial charge on any atom is 0.0924 e. The molecule has 2 heterocycles. The van der Waals surface area contributed by atoms with Crippen LogP contribution in [0, 0.1) is 0 Å². The van der Waals surface area contributed by atoms with Crippen molar-refractivity contribution < 1.29 is 0 Å². The van der Waals surface area contributed by atoms with Crippen LogP contribution in [0.5, 0.6) is 0 Å². The molecular weight excluding hydrogens is 174 g/mol.